The van der Waals surface area contributed by atoms with Gasteiger partial charge in [-0.25, -0.2) is 19.2 Å². The maximum Gasteiger partial charge on any atom is 0.334 e. The van der Waals surface area contributed by atoms with Crippen LogP contribution in [-0.4, -0.2) is 76.0 Å². The molecule has 0 saturated carbocycles. The van der Waals surface area contributed by atoms with Crippen LogP contribution in [0.4, 0.5) is 9.18 Å². The smallest absolute Gasteiger partial charge is 0.334 e. The predicted octanol–water partition coefficient (Wildman–Crippen LogP) is 3.00. The molecule has 0 bridgehead atoms. The maximum absolute atomic E-state index is 13.5. The van der Waals surface area contributed by atoms with Crippen LogP contribution in [0.25, 0.3) is 0 Å². The number of hydrogen-bond donors (Lipinski definition) is 1. The Morgan fingerprint density at radius 1 is 1.03 bits per heavy atom. The number of nitrogens with one attached hydrogen (secondary N) is 1. The van der Waals surface area contributed by atoms with Crippen molar-refractivity contribution >= 4 is 17.8 Å². The minimum absolute atomic E-state index is 0.0504. The van der Waals surface area contributed by atoms with Gasteiger partial charge in [-0.15, -0.1) is 0 Å². The number of nitrogens with zero attached hydrogens (tertiary/aromatic N) is 4. The lowest BCUT2D eigenvalue weighted by Crippen LogP contribution is -2.76. The van der Waals surface area contributed by atoms with Gasteiger partial charge in [0.25, 0.3) is 0 Å². The number of likely N-dealkylation sites (N-methyl/N-ethyl adjacent to an activating group) is 1. The van der Waals surface area contributed by atoms with Crippen molar-refractivity contribution in [1.29, 1.82) is 0 Å². The molecule has 8 nitrogen and oxygen atoms in total. The first-order valence-corrected chi connectivity index (χ1v) is 12.6. The highest BCUT2D eigenvalue weighted by Crippen LogP contribution is 2.28. The van der Waals surface area contributed by atoms with E-state index in [1.165, 1.54) is 12.1 Å². The number of hydrazine groups is 1. The van der Waals surface area contributed by atoms with Crippen LogP contribution in [0.1, 0.15) is 37.8 Å². The van der Waals surface area contributed by atoms with Crippen LogP contribution in [-0.2, 0) is 22.6 Å². The number of benzene rings is 2. The molecule has 1 N–H and O–H groups in total. The standard InChI is InChI=1S/C27H34FN5O3/c1-3-8-23-26(35)30(16-15-20-11-13-22(28)14-12-20)18-24-32(23)25(34)19-31(4-2)33(24)27(36)29-17-21-9-6-5-7-10-21/h5-7,9-14,23-24H,3-4,8,15-19H2,1-2H3,(H,29,36)/t23-,24-/m0/s1. The minimum Gasteiger partial charge on any atom is -0.337 e. The van der Waals surface area contributed by atoms with Gasteiger partial charge in [-0.05, 0) is 36.1 Å². The van der Waals surface area contributed by atoms with Crippen molar-refractivity contribution in [3.05, 3.63) is 71.5 Å². The highest BCUT2D eigenvalue weighted by Gasteiger charge is 2.50. The van der Waals surface area contributed by atoms with Crippen molar-refractivity contribution in [2.75, 3.05) is 26.2 Å². The molecule has 2 aromatic rings. The summed E-state index contributed by atoms with van der Waals surface area (Å²) in [7, 11) is 0. The molecule has 2 atom stereocenters. The fraction of sp³-hybridized carbons (Fsp3) is 0.444. The number of amides is 4. The molecule has 4 rings (SSSR count). The van der Waals surface area contributed by atoms with Crippen LogP contribution in [0.15, 0.2) is 54.6 Å². The maximum atomic E-state index is 13.5. The van der Waals surface area contributed by atoms with E-state index in [-0.39, 0.29) is 36.8 Å². The summed E-state index contributed by atoms with van der Waals surface area (Å²) in [6, 6.07) is 15.0. The van der Waals surface area contributed by atoms with Gasteiger partial charge in [0.1, 0.15) is 18.0 Å². The van der Waals surface area contributed by atoms with E-state index in [1.807, 2.05) is 44.2 Å². The van der Waals surface area contributed by atoms with Crippen LogP contribution in [0.2, 0.25) is 0 Å². The summed E-state index contributed by atoms with van der Waals surface area (Å²) < 4.78 is 13.3. The van der Waals surface area contributed by atoms with Crippen LogP contribution in [0.5, 0.6) is 0 Å². The van der Waals surface area contributed by atoms with Crippen LogP contribution < -0.4 is 5.32 Å². The van der Waals surface area contributed by atoms with Crippen molar-refractivity contribution < 1.29 is 18.8 Å². The highest BCUT2D eigenvalue weighted by molar-refractivity contribution is 5.91. The number of piperazine rings is 1. The van der Waals surface area contributed by atoms with Crippen LogP contribution in [0, 0.1) is 5.82 Å². The van der Waals surface area contributed by atoms with E-state index in [2.05, 4.69) is 5.32 Å². The van der Waals surface area contributed by atoms with E-state index in [4.69, 9.17) is 0 Å². The Bertz CT molecular complexity index is 1060. The first-order chi connectivity index (χ1) is 17.4. The fourth-order valence-corrected chi connectivity index (χ4v) is 4.99. The van der Waals surface area contributed by atoms with Crippen molar-refractivity contribution in [2.45, 2.75) is 51.9 Å². The second-order valence-electron chi connectivity index (χ2n) is 9.22. The zero-order valence-electron chi connectivity index (χ0n) is 20.9. The Hall–Kier alpha value is -3.46. The van der Waals surface area contributed by atoms with E-state index in [9.17, 15) is 18.8 Å². The molecule has 192 valence electrons. The predicted molar refractivity (Wildman–Crippen MR) is 134 cm³/mol. The molecule has 2 saturated heterocycles. The van der Waals surface area contributed by atoms with Gasteiger partial charge in [0.05, 0.1) is 13.1 Å². The van der Waals surface area contributed by atoms with Gasteiger partial charge in [0.15, 0.2) is 0 Å². The zero-order chi connectivity index (χ0) is 25.7. The molecule has 36 heavy (non-hydrogen) atoms. The Balaban J connectivity index is 1.57. The highest BCUT2D eigenvalue weighted by atomic mass is 19.1. The van der Waals surface area contributed by atoms with E-state index >= 15 is 0 Å². The molecule has 2 aliphatic rings. The molecule has 0 aliphatic carbocycles. The monoisotopic (exact) mass is 495 g/mol. The molecule has 0 unspecified atom stereocenters. The van der Waals surface area contributed by atoms with Gasteiger partial charge >= 0.3 is 6.03 Å². The quantitative estimate of drug-likeness (QED) is 0.611. The molecule has 0 spiro atoms. The molecular formula is C27H34FN5O3. The number of hydrogen-bond acceptors (Lipinski definition) is 4. The number of urea groups is 1. The molecule has 4 amide bonds. The Morgan fingerprint density at radius 2 is 1.75 bits per heavy atom. The van der Waals surface area contributed by atoms with Crippen molar-refractivity contribution in [3.8, 4) is 0 Å². The topological polar surface area (TPSA) is 76.2 Å². The first kappa shape index (κ1) is 25.6. The van der Waals surface area contributed by atoms with E-state index in [0.29, 0.717) is 32.5 Å². The molecule has 0 radical (unpaired) electrons. The van der Waals surface area contributed by atoms with Gasteiger partial charge in [-0.3, -0.25) is 9.59 Å². The summed E-state index contributed by atoms with van der Waals surface area (Å²) in [5.74, 6) is -0.541. The van der Waals surface area contributed by atoms with Gasteiger partial charge in [-0.2, -0.15) is 0 Å². The average Bonchev–Trinajstić information content (AvgIpc) is 2.89. The van der Waals surface area contributed by atoms with Gasteiger partial charge in [0.2, 0.25) is 11.8 Å². The van der Waals surface area contributed by atoms with Crippen molar-refractivity contribution in [2.24, 2.45) is 0 Å². The lowest BCUT2D eigenvalue weighted by molar-refractivity contribution is -0.190. The Kier molecular flexibility index (Phi) is 8.20. The SMILES string of the molecule is CCC[C@H]1C(=O)N(CCc2ccc(F)cc2)C[C@H]2N1C(=O)CN(CC)N2C(=O)NCc1ccccc1. The lowest BCUT2D eigenvalue weighted by Gasteiger charge is -2.55. The van der Waals surface area contributed by atoms with Crippen molar-refractivity contribution in [3.63, 3.8) is 0 Å². The number of carbonyl (C=O) groups excluding carboxylic acids is 3. The summed E-state index contributed by atoms with van der Waals surface area (Å²) in [4.78, 5) is 43.5. The molecule has 2 fully saturated rings. The molecule has 2 aromatic carbocycles. The molecule has 2 heterocycles. The third-order valence-corrected chi connectivity index (χ3v) is 6.84. The van der Waals surface area contributed by atoms with Gasteiger partial charge < -0.3 is 15.1 Å². The third kappa shape index (κ3) is 5.51. The number of fused-ring (bicyclic) bond motifs is 1. The molecule has 0 aromatic heterocycles. The average molecular weight is 496 g/mol. The normalized spacial score (nSPS) is 20.5. The van der Waals surface area contributed by atoms with E-state index in [1.54, 1.807) is 32.0 Å². The Labute approximate surface area is 211 Å². The Morgan fingerprint density at radius 3 is 2.42 bits per heavy atom. The number of halogens is 1. The van der Waals surface area contributed by atoms with Gasteiger partial charge in [0, 0.05) is 19.6 Å². The van der Waals surface area contributed by atoms with Crippen LogP contribution >= 0.6 is 0 Å². The van der Waals surface area contributed by atoms with E-state index in [0.717, 1.165) is 17.5 Å². The number of rotatable bonds is 8. The largest absolute Gasteiger partial charge is 0.337 e. The number of carbonyl (C=O) groups is 3. The molecule has 9 heteroatoms. The molecular weight excluding hydrogens is 461 g/mol. The summed E-state index contributed by atoms with van der Waals surface area (Å²) in [5.41, 5.74) is 1.90. The summed E-state index contributed by atoms with van der Waals surface area (Å²) >= 11 is 0. The first-order valence-electron chi connectivity index (χ1n) is 12.6. The lowest BCUT2D eigenvalue weighted by atomic mass is 10.0. The van der Waals surface area contributed by atoms with E-state index < -0.39 is 12.2 Å². The fourth-order valence-electron chi connectivity index (χ4n) is 4.99. The summed E-state index contributed by atoms with van der Waals surface area (Å²) in [5, 5.41) is 6.35. The van der Waals surface area contributed by atoms with Crippen molar-refractivity contribution in [1.82, 2.24) is 25.1 Å². The van der Waals surface area contributed by atoms with Crippen LogP contribution in [0.3, 0.4) is 0 Å². The second-order valence-corrected chi connectivity index (χ2v) is 9.22. The second kappa shape index (κ2) is 11.5. The summed E-state index contributed by atoms with van der Waals surface area (Å²) in [6.45, 7) is 5.43. The minimum atomic E-state index is -0.613. The zero-order valence-corrected chi connectivity index (χ0v) is 20.9. The molecule has 2 aliphatic heterocycles. The summed E-state index contributed by atoms with van der Waals surface area (Å²) in [6.07, 6.45) is 1.23. The van der Waals surface area contributed by atoms with Gasteiger partial charge in [-0.1, -0.05) is 62.7 Å². The third-order valence-electron chi connectivity index (χ3n) is 6.84.